The SMILES string of the molecule is CC1CCCC(C)N1NC(=O)C1(C(=O)O)CCC1. The van der Waals surface area contributed by atoms with Gasteiger partial charge in [-0.05, 0) is 39.5 Å². The molecule has 2 fully saturated rings. The van der Waals surface area contributed by atoms with E-state index in [9.17, 15) is 14.7 Å². The van der Waals surface area contributed by atoms with E-state index in [1.807, 2.05) is 5.01 Å². The lowest BCUT2D eigenvalue weighted by Gasteiger charge is -2.43. The van der Waals surface area contributed by atoms with Gasteiger partial charge in [-0.25, -0.2) is 5.01 Å². The minimum absolute atomic E-state index is 0.281. The molecule has 2 rings (SSSR count). The summed E-state index contributed by atoms with van der Waals surface area (Å²) in [6, 6.07) is 0.562. The molecule has 2 unspecified atom stereocenters. The van der Waals surface area contributed by atoms with E-state index in [4.69, 9.17) is 0 Å². The Hall–Kier alpha value is -1.10. The van der Waals surface area contributed by atoms with Crippen molar-refractivity contribution in [1.29, 1.82) is 0 Å². The van der Waals surface area contributed by atoms with Gasteiger partial charge in [-0.3, -0.25) is 15.0 Å². The van der Waals surface area contributed by atoms with E-state index in [1.165, 1.54) is 6.42 Å². The van der Waals surface area contributed by atoms with Crippen molar-refractivity contribution < 1.29 is 14.7 Å². The molecule has 0 aromatic heterocycles. The van der Waals surface area contributed by atoms with Crippen molar-refractivity contribution in [2.24, 2.45) is 5.41 Å². The van der Waals surface area contributed by atoms with Crippen LogP contribution in [0.25, 0.3) is 0 Å². The van der Waals surface area contributed by atoms with Crippen LogP contribution in [-0.4, -0.2) is 34.1 Å². The van der Waals surface area contributed by atoms with Crippen LogP contribution in [0.5, 0.6) is 0 Å². The second-order valence-corrected chi connectivity index (χ2v) is 5.72. The fourth-order valence-corrected chi connectivity index (χ4v) is 2.93. The fourth-order valence-electron chi connectivity index (χ4n) is 2.93. The summed E-state index contributed by atoms with van der Waals surface area (Å²) < 4.78 is 0. The number of hydrogen-bond acceptors (Lipinski definition) is 3. The maximum atomic E-state index is 12.2. The first kappa shape index (κ1) is 13.3. The maximum absolute atomic E-state index is 12.2. The number of amides is 1. The first-order valence-corrected chi connectivity index (χ1v) is 6.80. The van der Waals surface area contributed by atoms with Crippen LogP contribution in [0, 0.1) is 5.41 Å². The summed E-state index contributed by atoms with van der Waals surface area (Å²) in [4.78, 5) is 23.5. The van der Waals surface area contributed by atoms with Gasteiger partial charge < -0.3 is 5.11 Å². The molecule has 2 atom stereocenters. The van der Waals surface area contributed by atoms with Crippen LogP contribution in [0.2, 0.25) is 0 Å². The van der Waals surface area contributed by atoms with Gasteiger partial charge in [0.2, 0.25) is 0 Å². The molecule has 1 saturated heterocycles. The van der Waals surface area contributed by atoms with Gasteiger partial charge in [0.1, 0.15) is 5.41 Å². The maximum Gasteiger partial charge on any atom is 0.319 e. The summed E-state index contributed by atoms with van der Waals surface area (Å²) in [7, 11) is 0. The second-order valence-electron chi connectivity index (χ2n) is 5.72. The van der Waals surface area contributed by atoms with Gasteiger partial charge in [0.05, 0.1) is 0 Å². The van der Waals surface area contributed by atoms with E-state index in [-0.39, 0.29) is 18.0 Å². The number of aliphatic carboxylic acids is 1. The highest BCUT2D eigenvalue weighted by atomic mass is 16.4. The number of nitrogens with one attached hydrogen (secondary N) is 1. The zero-order valence-corrected chi connectivity index (χ0v) is 11.1. The van der Waals surface area contributed by atoms with Crippen LogP contribution >= 0.6 is 0 Å². The number of carbonyl (C=O) groups excluding carboxylic acids is 1. The third kappa shape index (κ3) is 2.11. The van der Waals surface area contributed by atoms with Gasteiger partial charge in [-0.1, -0.05) is 12.8 Å². The summed E-state index contributed by atoms with van der Waals surface area (Å²) in [5.74, 6) is -1.31. The Labute approximate surface area is 108 Å². The van der Waals surface area contributed by atoms with E-state index in [0.717, 1.165) is 19.3 Å². The van der Waals surface area contributed by atoms with Gasteiger partial charge >= 0.3 is 5.97 Å². The van der Waals surface area contributed by atoms with Crippen molar-refractivity contribution in [3.8, 4) is 0 Å². The van der Waals surface area contributed by atoms with Crippen LogP contribution in [0.4, 0.5) is 0 Å². The molecule has 1 amide bonds. The Morgan fingerprint density at radius 3 is 2.11 bits per heavy atom. The molecular formula is C13H22N2O3. The lowest BCUT2D eigenvalue weighted by molar-refractivity contribution is -0.165. The Bertz CT molecular complexity index is 342. The van der Waals surface area contributed by atoms with E-state index in [0.29, 0.717) is 12.8 Å². The predicted octanol–water partition coefficient (Wildman–Crippen LogP) is 1.54. The average Bonchev–Trinajstić information content (AvgIpc) is 2.21. The Morgan fingerprint density at radius 1 is 1.17 bits per heavy atom. The van der Waals surface area contributed by atoms with Crippen molar-refractivity contribution in [2.75, 3.05) is 0 Å². The standard InChI is InChI=1S/C13H22N2O3/c1-9-5-3-6-10(2)15(9)14-11(16)13(12(17)18)7-4-8-13/h9-10H,3-8H2,1-2H3,(H,14,16)(H,17,18). The minimum Gasteiger partial charge on any atom is -0.480 e. The number of carbonyl (C=O) groups is 2. The number of nitrogens with zero attached hydrogens (tertiary/aromatic N) is 1. The Morgan fingerprint density at radius 2 is 1.72 bits per heavy atom. The first-order valence-electron chi connectivity index (χ1n) is 6.80. The molecule has 5 nitrogen and oxygen atoms in total. The van der Waals surface area contributed by atoms with Crippen molar-refractivity contribution in [3.63, 3.8) is 0 Å². The molecule has 0 bridgehead atoms. The smallest absolute Gasteiger partial charge is 0.319 e. The molecule has 1 aliphatic carbocycles. The molecule has 0 radical (unpaired) electrons. The molecule has 102 valence electrons. The normalized spacial score (nSPS) is 31.4. The van der Waals surface area contributed by atoms with Gasteiger partial charge in [0.25, 0.3) is 5.91 Å². The molecule has 2 aliphatic rings. The third-order valence-electron chi connectivity index (χ3n) is 4.48. The molecule has 0 aromatic carbocycles. The van der Waals surface area contributed by atoms with Gasteiger partial charge in [-0.15, -0.1) is 0 Å². The zero-order chi connectivity index (χ0) is 13.3. The molecular weight excluding hydrogens is 232 g/mol. The topological polar surface area (TPSA) is 69.6 Å². The molecule has 0 spiro atoms. The highest BCUT2D eigenvalue weighted by molar-refractivity contribution is 6.02. The van der Waals surface area contributed by atoms with Crippen molar-refractivity contribution in [1.82, 2.24) is 10.4 Å². The highest BCUT2D eigenvalue weighted by Gasteiger charge is 2.52. The van der Waals surface area contributed by atoms with Gasteiger partial charge in [0.15, 0.2) is 0 Å². The molecule has 1 heterocycles. The van der Waals surface area contributed by atoms with Crippen LogP contribution in [0.3, 0.4) is 0 Å². The lowest BCUT2D eigenvalue weighted by Crippen LogP contribution is -2.60. The van der Waals surface area contributed by atoms with Crippen LogP contribution in [0.15, 0.2) is 0 Å². The number of carboxylic acid groups (broad SMARTS) is 1. The molecule has 2 N–H and O–H groups in total. The number of carboxylic acids is 1. The Kier molecular flexibility index (Phi) is 3.61. The number of rotatable bonds is 3. The molecule has 1 aliphatic heterocycles. The summed E-state index contributed by atoms with van der Waals surface area (Å²) in [6.07, 6.45) is 5.01. The fraction of sp³-hybridized carbons (Fsp3) is 0.846. The monoisotopic (exact) mass is 254 g/mol. The second kappa shape index (κ2) is 4.88. The van der Waals surface area contributed by atoms with E-state index in [1.54, 1.807) is 0 Å². The summed E-state index contributed by atoms with van der Waals surface area (Å²) in [6.45, 7) is 4.15. The van der Waals surface area contributed by atoms with Crippen molar-refractivity contribution >= 4 is 11.9 Å². The van der Waals surface area contributed by atoms with E-state index in [2.05, 4.69) is 19.3 Å². The largest absolute Gasteiger partial charge is 0.480 e. The van der Waals surface area contributed by atoms with E-state index < -0.39 is 11.4 Å². The van der Waals surface area contributed by atoms with Gasteiger partial charge in [-0.2, -0.15) is 0 Å². The summed E-state index contributed by atoms with van der Waals surface area (Å²) >= 11 is 0. The van der Waals surface area contributed by atoms with Gasteiger partial charge in [0, 0.05) is 12.1 Å². The quantitative estimate of drug-likeness (QED) is 0.749. The van der Waals surface area contributed by atoms with E-state index >= 15 is 0 Å². The minimum atomic E-state index is -1.17. The van der Waals surface area contributed by atoms with Crippen molar-refractivity contribution in [3.05, 3.63) is 0 Å². The van der Waals surface area contributed by atoms with Crippen LogP contribution < -0.4 is 5.43 Å². The summed E-state index contributed by atoms with van der Waals surface area (Å²) in [5, 5.41) is 11.2. The van der Waals surface area contributed by atoms with Crippen molar-refractivity contribution in [2.45, 2.75) is 64.5 Å². The molecule has 5 heteroatoms. The number of hydrazine groups is 1. The Balaban J connectivity index is 2.04. The molecule has 0 aromatic rings. The highest BCUT2D eigenvalue weighted by Crippen LogP contribution is 2.41. The van der Waals surface area contributed by atoms with Crippen LogP contribution in [0.1, 0.15) is 52.4 Å². The molecule has 1 saturated carbocycles. The average molecular weight is 254 g/mol. The summed E-state index contributed by atoms with van der Waals surface area (Å²) in [5.41, 5.74) is 1.69. The lowest BCUT2D eigenvalue weighted by atomic mass is 9.68. The predicted molar refractivity (Wildman–Crippen MR) is 66.7 cm³/mol. The number of piperidine rings is 1. The molecule has 18 heavy (non-hydrogen) atoms. The number of hydrogen-bond donors (Lipinski definition) is 2. The van der Waals surface area contributed by atoms with Crippen LogP contribution in [-0.2, 0) is 9.59 Å². The first-order chi connectivity index (χ1) is 8.47. The third-order valence-corrected chi connectivity index (χ3v) is 4.48. The zero-order valence-electron chi connectivity index (χ0n) is 11.1.